The Morgan fingerprint density at radius 3 is 2.48 bits per heavy atom. The van der Waals surface area contributed by atoms with Crippen LogP contribution in [0.2, 0.25) is 0 Å². The van der Waals surface area contributed by atoms with Crippen molar-refractivity contribution in [2.75, 3.05) is 32.9 Å². The highest BCUT2D eigenvalue weighted by Crippen LogP contribution is 2.33. The van der Waals surface area contributed by atoms with Crippen LogP contribution in [0.1, 0.15) is 19.4 Å². The van der Waals surface area contributed by atoms with Gasteiger partial charge in [-0.15, -0.1) is 0 Å². The molecule has 8 heteroatoms. The minimum Gasteiger partial charge on any atom is -0.484 e. The Labute approximate surface area is 162 Å². The molecule has 0 saturated carbocycles. The summed E-state index contributed by atoms with van der Waals surface area (Å²) >= 11 is 0.946. The van der Waals surface area contributed by atoms with Crippen LogP contribution in [0.4, 0.5) is 4.79 Å². The van der Waals surface area contributed by atoms with Crippen molar-refractivity contribution in [2.24, 2.45) is 0 Å². The van der Waals surface area contributed by atoms with Gasteiger partial charge in [-0.1, -0.05) is 12.1 Å². The van der Waals surface area contributed by atoms with Crippen LogP contribution < -0.4 is 4.74 Å². The summed E-state index contributed by atoms with van der Waals surface area (Å²) in [5.41, 5.74) is 0.788. The van der Waals surface area contributed by atoms with E-state index in [0.29, 0.717) is 37.0 Å². The number of thioether (sulfide) groups is 1. The molecule has 144 valence electrons. The number of imide groups is 1. The molecule has 3 rings (SSSR count). The van der Waals surface area contributed by atoms with Gasteiger partial charge >= 0.3 is 0 Å². The molecule has 1 aromatic rings. The monoisotopic (exact) mass is 390 g/mol. The van der Waals surface area contributed by atoms with E-state index in [1.54, 1.807) is 35.2 Å². The van der Waals surface area contributed by atoms with Crippen LogP contribution in [0.5, 0.6) is 5.75 Å². The summed E-state index contributed by atoms with van der Waals surface area (Å²) < 4.78 is 10.8. The molecule has 2 fully saturated rings. The number of carbonyl (C=O) groups is 3. The van der Waals surface area contributed by atoms with E-state index in [-0.39, 0.29) is 29.7 Å². The maximum absolute atomic E-state index is 12.3. The lowest BCUT2D eigenvalue weighted by molar-refractivity contribution is -0.137. The molecule has 27 heavy (non-hydrogen) atoms. The maximum atomic E-state index is 12.3. The molecule has 2 aliphatic heterocycles. The van der Waals surface area contributed by atoms with E-state index in [9.17, 15) is 14.4 Å². The molecular weight excluding hydrogens is 368 g/mol. The summed E-state index contributed by atoms with van der Waals surface area (Å²) in [7, 11) is 0. The van der Waals surface area contributed by atoms with E-state index in [4.69, 9.17) is 9.47 Å². The van der Waals surface area contributed by atoms with Crippen LogP contribution in [-0.4, -0.2) is 65.8 Å². The van der Waals surface area contributed by atoms with Crippen LogP contribution in [-0.2, 0) is 14.3 Å². The van der Waals surface area contributed by atoms with Crippen LogP contribution >= 0.6 is 11.8 Å². The molecule has 0 aromatic heterocycles. The van der Waals surface area contributed by atoms with Crippen molar-refractivity contribution >= 4 is 34.9 Å². The quantitative estimate of drug-likeness (QED) is 0.719. The van der Waals surface area contributed by atoms with Crippen molar-refractivity contribution in [3.8, 4) is 5.75 Å². The molecule has 0 unspecified atom stereocenters. The third-order valence-electron chi connectivity index (χ3n) is 4.24. The number of amides is 3. The Balaban J connectivity index is 1.58. The minimum absolute atomic E-state index is 0.0212. The third-order valence-corrected chi connectivity index (χ3v) is 5.13. The second-order valence-corrected chi connectivity index (χ2v) is 7.49. The Bertz CT molecular complexity index is 754. The van der Waals surface area contributed by atoms with E-state index in [1.165, 1.54) is 4.90 Å². The van der Waals surface area contributed by atoms with Gasteiger partial charge in [-0.3, -0.25) is 19.3 Å². The average molecular weight is 390 g/mol. The Kier molecular flexibility index (Phi) is 6.18. The molecule has 0 N–H and O–H groups in total. The summed E-state index contributed by atoms with van der Waals surface area (Å²) in [6, 6.07) is 6.90. The minimum atomic E-state index is -0.267. The van der Waals surface area contributed by atoms with Crippen LogP contribution in [0, 0.1) is 0 Å². The van der Waals surface area contributed by atoms with Crippen LogP contribution in [0.25, 0.3) is 6.08 Å². The lowest BCUT2D eigenvalue weighted by Crippen LogP contribution is -2.42. The van der Waals surface area contributed by atoms with Gasteiger partial charge in [0.05, 0.1) is 18.1 Å². The number of carbonyl (C=O) groups excluding carboxylic acids is 3. The van der Waals surface area contributed by atoms with Crippen molar-refractivity contribution in [1.29, 1.82) is 0 Å². The lowest BCUT2D eigenvalue weighted by atomic mass is 10.2. The fraction of sp³-hybridized carbons (Fsp3) is 0.421. The maximum Gasteiger partial charge on any atom is 0.293 e. The average Bonchev–Trinajstić information content (AvgIpc) is 2.95. The predicted molar refractivity (Wildman–Crippen MR) is 102 cm³/mol. The number of hydrogen-bond acceptors (Lipinski definition) is 6. The first-order chi connectivity index (χ1) is 13.0. The molecular formula is C19H22N2O5S. The lowest BCUT2D eigenvalue weighted by Gasteiger charge is -2.26. The molecule has 0 radical (unpaired) electrons. The summed E-state index contributed by atoms with van der Waals surface area (Å²) in [5.74, 6) is 0.241. The first-order valence-corrected chi connectivity index (χ1v) is 9.63. The Morgan fingerprint density at radius 1 is 1.22 bits per heavy atom. The van der Waals surface area contributed by atoms with Gasteiger partial charge in [-0.2, -0.15) is 0 Å². The molecule has 0 spiro atoms. The van der Waals surface area contributed by atoms with Crippen LogP contribution in [0.15, 0.2) is 29.2 Å². The van der Waals surface area contributed by atoms with Gasteiger partial charge in [0.1, 0.15) is 5.75 Å². The number of ether oxygens (including phenoxy) is 2. The molecule has 2 aliphatic rings. The van der Waals surface area contributed by atoms with E-state index in [2.05, 4.69) is 0 Å². The highest BCUT2D eigenvalue weighted by Gasteiger charge is 2.36. The topological polar surface area (TPSA) is 76.2 Å². The SMILES string of the molecule is CC(C)N1C(=O)S/C(=C\c2ccc(OCC(=O)N3CCOCC3)cc2)C1=O. The number of benzene rings is 1. The molecule has 1 aromatic carbocycles. The molecule has 2 heterocycles. The van der Waals surface area contributed by atoms with Crippen molar-refractivity contribution in [3.63, 3.8) is 0 Å². The first-order valence-electron chi connectivity index (χ1n) is 8.81. The largest absolute Gasteiger partial charge is 0.484 e. The second-order valence-electron chi connectivity index (χ2n) is 6.50. The molecule has 0 bridgehead atoms. The van der Waals surface area contributed by atoms with E-state index in [0.717, 1.165) is 17.3 Å². The second kappa shape index (κ2) is 8.58. The van der Waals surface area contributed by atoms with Crippen molar-refractivity contribution in [2.45, 2.75) is 19.9 Å². The molecule has 0 aliphatic carbocycles. The van der Waals surface area contributed by atoms with Crippen molar-refractivity contribution in [1.82, 2.24) is 9.80 Å². The number of rotatable bonds is 5. The normalized spacial score (nSPS) is 19.3. The van der Waals surface area contributed by atoms with Gasteiger partial charge in [0.2, 0.25) is 0 Å². The molecule has 7 nitrogen and oxygen atoms in total. The van der Waals surface area contributed by atoms with Gasteiger partial charge < -0.3 is 14.4 Å². The highest BCUT2D eigenvalue weighted by molar-refractivity contribution is 8.18. The Hall–Kier alpha value is -2.32. The van der Waals surface area contributed by atoms with Crippen LogP contribution in [0.3, 0.4) is 0 Å². The van der Waals surface area contributed by atoms with E-state index < -0.39 is 0 Å². The van der Waals surface area contributed by atoms with Crippen molar-refractivity contribution < 1.29 is 23.9 Å². The Morgan fingerprint density at radius 2 is 1.89 bits per heavy atom. The predicted octanol–water partition coefficient (Wildman–Crippen LogP) is 2.37. The summed E-state index contributed by atoms with van der Waals surface area (Å²) in [4.78, 5) is 39.7. The molecule has 0 atom stereocenters. The number of nitrogens with zero attached hydrogens (tertiary/aromatic N) is 2. The number of hydrogen-bond donors (Lipinski definition) is 0. The zero-order valence-corrected chi connectivity index (χ0v) is 16.2. The zero-order chi connectivity index (χ0) is 19.4. The first kappa shape index (κ1) is 19.4. The van der Waals surface area contributed by atoms with Gasteiger partial charge in [0.25, 0.3) is 17.1 Å². The highest BCUT2D eigenvalue weighted by atomic mass is 32.2. The summed E-state index contributed by atoms with van der Waals surface area (Å²) in [5, 5.41) is -0.247. The van der Waals surface area contributed by atoms with Gasteiger partial charge in [-0.05, 0) is 49.4 Å². The smallest absolute Gasteiger partial charge is 0.293 e. The van der Waals surface area contributed by atoms with Gasteiger partial charge in [-0.25, -0.2) is 0 Å². The number of morpholine rings is 1. The molecule has 2 saturated heterocycles. The van der Waals surface area contributed by atoms with E-state index >= 15 is 0 Å². The summed E-state index contributed by atoms with van der Waals surface area (Å²) in [6.07, 6.45) is 1.69. The van der Waals surface area contributed by atoms with Gasteiger partial charge in [0.15, 0.2) is 6.61 Å². The van der Waals surface area contributed by atoms with Gasteiger partial charge in [0, 0.05) is 19.1 Å². The van der Waals surface area contributed by atoms with E-state index in [1.807, 2.05) is 13.8 Å². The fourth-order valence-corrected chi connectivity index (χ4v) is 3.75. The fourth-order valence-electron chi connectivity index (χ4n) is 2.79. The molecule has 3 amide bonds. The third kappa shape index (κ3) is 4.70. The van der Waals surface area contributed by atoms with Crippen molar-refractivity contribution in [3.05, 3.63) is 34.7 Å². The standard InChI is InChI=1S/C19H22N2O5S/c1-13(2)21-18(23)16(27-19(21)24)11-14-3-5-15(6-4-14)26-12-17(22)20-7-9-25-10-8-20/h3-6,11,13H,7-10,12H2,1-2H3/b16-11-. The summed E-state index contributed by atoms with van der Waals surface area (Å²) in [6.45, 7) is 5.89. The zero-order valence-electron chi connectivity index (χ0n) is 15.3.